The molecule has 1 heterocycles. The highest BCUT2D eigenvalue weighted by atomic mass is 16.5. The van der Waals surface area contributed by atoms with Crippen molar-refractivity contribution in [1.29, 1.82) is 0 Å². The van der Waals surface area contributed by atoms with Gasteiger partial charge in [0.1, 0.15) is 11.5 Å². The maximum Gasteiger partial charge on any atom is 0.241 e. The lowest BCUT2D eigenvalue weighted by Gasteiger charge is -2.29. The van der Waals surface area contributed by atoms with Crippen LogP contribution in [0.2, 0.25) is 0 Å². The molecule has 0 spiro atoms. The second-order valence-corrected chi connectivity index (χ2v) is 5.11. The highest BCUT2D eigenvalue weighted by Crippen LogP contribution is 2.29. The Labute approximate surface area is 119 Å². The van der Waals surface area contributed by atoms with Crippen LogP contribution < -0.4 is 20.1 Å². The van der Waals surface area contributed by atoms with Crippen LogP contribution in [0.5, 0.6) is 11.5 Å². The van der Waals surface area contributed by atoms with Gasteiger partial charge in [-0.25, -0.2) is 0 Å². The number of anilines is 1. The third-order valence-corrected chi connectivity index (χ3v) is 3.72. The van der Waals surface area contributed by atoms with Crippen molar-refractivity contribution in [3.05, 3.63) is 18.2 Å². The van der Waals surface area contributed by atoms with Gasteiger partial charge in [0.05, 0.1) is 25.9 Å². The summed E-state index contributed by atoms with van der Waals surface area (Å²) >= 11 is 0. The Morgan fingerprint density at radius 3 is 2.80 bits per heavy atom. The average molecular weight is 278 g/mol. The summed E-state index contributed by atoms with van der Waals surface area (Å²) in [5, 5.41) is 6.20. The highest BCUT2D eigenvalue weighted by Gasteiger charge is 2.27. The number of ether oxygens (including phenoxy) is 2. The van der Waals surface area contributed by atoms with Crippen LogP contribution in [0.15, 0.2) is 18.2 Å². The molecule has 1 aromatic carbocycles. The lowest BCUT2D eigenvalue weighted by atomic mass is 9.92. The molecule has 1 fully saturated rings. The van der Waals surface area contributed by atoms with E-state index >= 15 is 0 Å². The molecule has 0 radical (unpaired) electrons. The predicted molar refractivity (Wildman–Crippen MR) is 78.4 cm³/mol. The summed E-state index contributed by atoms with van der Waals surface area (Å²) in [6.45, 7) is 2.98. The minimum absolute atomic E-state index is 0.0243. The summed E-state index contributed by atoms with van der Waals surface area (Å²) in [6.07, 6.45) is 2.19. The van der Waals surface area contributed by atoms with Crippen molar-refractivity contribution >= 4 is 11.6 Å². The standard InChI is InChI=1S/C15H22N2O3/c1-10-5-4-8-16-14(10)15(18)17-12-9-11(19-2)6-7-13(12)20-3/h6-7,9-10,14,16H,4-5,8H2,1-3H3,(H,17,18). The van der Waals surface area contributed by atoms with E-state index in [1.54, 1.807) is 32.4 Å². The number of rotatable bonds is 4. The Balaban J connectivity index is 2.13. The lowest BCUT2D eigenvalue weighted by molar-refractivity contribution is -0.119. The molecule has 2 unspecified atom stereocenters. The molecule has 1 saturated heterocycles. The molecule has 0 aliphatic carbocycles. The Morgan fingerprint density at radius 1 is 1.35 bits per heavy atom. The van der Waals surface area contributed by atoms with Gasteiger partial charge in [-0.2, -0.15) is 0 Å². The van der Waals surface area contributed by atoms with Gasteiger partial charge in [0.15, 0.2) is 0 Å². The summed E-state index contributed by atoms with van der Waals surface area (Å²) in [5.74, 6) is 1.62. The van der Waals surface area contributed by atoms with Gasteiger partial charge in [0.25, 0.3) is 0 Å². The number of amides is 1. The van der Waals surface area contributed by atoms with Crippen LogP contribution >= 0.6 is 0 Å². The summed E-state index contributed by atoms with van der Waals surface area (Å²) in [4.78, 5) is 12.4. The maximum atomic E-state index is 12.4. The van der Waals surface area contributed by atoms with E-state index in [-0.39, 0.29) is 11.9 Å². The average Bonchev–Trinajstić information content (AvgIpc) is 2.47. The molecule has 5 heteroatoms. The maximum absolute atomic E-state index is 12.4. The van der Waals surface area contributed by atoms with Gasteiger partial charge in [-0.1, -0.05) is 6.92 Å². The summed E-state index contributed by atoms with van der Waals surface area (Å²) in [5.41, 5.74) is 0.636. The van der Waals surface area contributed by atoms with Crippen molar-refractivity contribution in [2.45, 2.75) is 25.8 Å². The summed E-state index contributed by atoms with van der Waals surface area (Å²) in [7, 11) is 3.18. The minimum atomic E-state index is -0.153. The zero-order valence-corrected chi connectivity index (χ0v) is 12.2. The van der Waals surface area contributed by atoms with E-state index in [9.17, 15) is 4.79 Å². The van der Waals surface area contributed by atoms with Crippen LogP contribution in [-0.2, 0) is 4.79 Å². The van der Waals surface area contributed by atoms with E-state index in [0.29, 0.717) is 23.1 Å². The van der Waals surface area contributed by atoms with Crippen molar-refractivity contribution in [1.82, 2.24) is 5.32 Å². The third-order valence-electron chi connectivity index (χ3n) is 3.72. The summed E-state index contributed by atoms with van der Waals surface area (Å²) < 4.78 is 10.4. The fraction of sp³-hybridized carbons (Fsp3) is 0.533. The number of nitrogens with one attached hydrogen (secondary N) is 2. The molecule has 20 heavy (non-hydrogen) atoms. The minimum Gasteiger partial charge on any atom is -0.497 e. The van der Waals surface area contributed by atoms with Crippen molar-refractivity contribution in [2.75, 3.05) is 26.1 Å². The molecule has 1 aromatic rings. The van der Waals surface area contributed by atoms with Gasteiger partial charge >= 0.3 is 0 Å². The van der Waals surface area contributed by atoms with Gasteiger partial charge in [-0.15, -0.1) is 0 Å². The molecular weight excluding hydrogens is 256 g/mol. The number of carbonyl (C=O) groups excluding carboxylic acids is 1. The molecule has 0 saturated carbocycles. The SMILES string of the molecule is COc1ccc(OC)c(NC(=O)C2NCCCC2C)c1. The van der Waals surface area contributed by atoms with Crippen molar-refractivity contribution < 1.29 is 14.3 Å². The topological polar surface area (TPSA) is 59.6 Å². The zero-order valence-electron chi connectivity index (χ0n) is 12.2. The van der Waals surface area contributed by atoms with E-state index in [2.05, 4.69) is 17.6 Å². The first-order chi connectivity index (χ1) is 9.65. The van der Waals surface area contributed by atoms with Gasteiger partial charge in [0.2, 0.25) is 5.91 Å². The first-order valence-corrected chi connectivity index (χ1v) is 6.92. The highest BCUT2D eigenvalue weighted by molar-refractivity contribution is 5.96. The molecule has 110 valence electrons. The van der Waals surface area contributed by atoms with Crippen molar-refractivity contribution in [3.63, 3.8) is 0 Å². The number of benzene rings is 1. The lowest BCUT2D eigenvalue weighted by Crippen LogP contribution is -2.48. The largest absolute Gasteiger partial charge is 0.497 e. The molecular formula is C15H22N2O3. The quantitative estimate of drug-likeness (QED) is 0.884. The molecule has 0 aromatic heterocycles. The monoisotopic (exact) mass is 278 g/mol. The van der Waals surface area contributed by atoms with E-state index in [1.807, 2.05) is 0 Å². The Kier molecular flexibility index (Phi) is 4.84. The summed E-state index contributed by atoms with van der Waals surface area (Å²) in [6, 6.07) is 5.20. The predicted octanol–water partition coefficient (Wildman–Crippen LogP) is 2.03. The van der Waals surface area contributed by atoms with Crippen LogP contribution in [-0.4, -0.2) is 32.7 Å². The Hall–Kier alpha value is -1.75. The van der Waals surface area contributed by atoms with Crippen molar-refractivity contribution in [2.24, 2.45) is 5.92 Å². The Bertz CT molecular complexity index is 476. The van der Waals surface area contributed by atoms with Gasteiger partial charge < -0.3 is 20.1 Å². The molecule has 2 N–H and O–H groups in total. The number of carbonyl (C=O) groups is 1. The molecule has 0 bridgehead atoms. The molecule has 5 nitrogen and oxygen atoms in total. The van der Waals surface area contributed by atoms with Gasteiger partial charge in [-0.05, 0) is 37.4 Å². The number of piperidine rings is 1. The second kappa shape index (κ2) is 6.61. The number of hydrogen-bond donors (Lipinski definition) is 2. The van der Waals surface area contributed by atoms with Crippen LogP contribution in [0.1, 0.15) is 19.8 Å². The van der Waals surface area contributed by atoms with Crippen LogP contribution in [0.25, 0.3) is 0 Å². The Morgan fingerprint density at radius 2 is 2.15 bits per heavy atom. The molecule has 1 aliphatic heterocycles. The van der Waals surface area contributed by atoms with Gasteiger partial charge in [0, 0.05) is 6.07 Å². The van der Waals surface area contributed by atoms with Crippen molar-refractivity contribution in [3.8, 4) is 11.5 Å². The van der Waals surface area contributed by atoms with Crippen LogP contribution in [0, 0.1) is 5.92 Å². The first-order valence-electron chi connectivity index (χ1n) is 6.92. The van der Waals surface area contributed by atoms with E-state index in [4.69, 9.17) is 9.47 Å². The normalized spacial score (nSPS) is 22.1. The molecule has 2 rings (SSSR count). The van der Waals surface area contributed by atoms with Crippen LogP contribution in [0.4, 0.5) is 5.69 Å². The fourth-order valence-electron chi connectivity index (χ4n) is 2.52. The smallest absolute Gasteiger partial charge is 0.241 e. The van der Waals surface area contributed by atoms with E-state index < -0.39 is 0 Å². The molecule has 1 amide bonds. The molecule has 2 atom stereocenters. The number of hydrogen-bond acceptors (Lipinski definition) is 4. The first kappa shape index (κ1) is 14.7. The van der Waals surface area contributed by atoms with E-state index in [0.717, 1.165) is 19.4 Å². The second-order valence-electron chi connectivity index (χ2n) is 5.11. The van der Waals surface area contributed by atoms with Gasteiger partial charge in [-0.3, -0.25) is 4.79 Å². The van der Waals surface area contributed by atoms with Crippen LogP contribution in [0.3, 0.4) is 0 Å². The molecule has 1 aliphatic rings. The fourth-order valence-corrected chi connectivity index (χ4v) is 2.52. The number of methoxy groups -OCH3 is 2. The third kappa shape index (κ3) is 3.22. The zero-order chi connectivity index (χ0) is 14.5. The van der Waals surface area contributed by atoms with E-state index in [1.165, 1.54) is 0 Å².